The van der Waals surface area contributed by atoms with Gasteiger partial charge in [-0.15, -0.1) is 0 Å². The molecule has 1 atom stereocenters. The monoisotopic (exact) mass is 445 g/mol. The quantitative estimate of drug-likeness (QED) is 0.424. The lowest BCUT2D eigenvalue weighted by atomic mass is 10.1. The molecule has 0 saturated carbocycles. The van der Waals surface area contributed by atoms with Crippen LogP contribution in [0, 0.1) is 0 Å². The number of hydrogen-bond donors (Lipinski definition) is 2. The van der Waals surface area contributed by atoms with Gasteiger partial charge in [0.05, 0.1) is 16.6 Å². The molecule has 6 nitrogen and oxygen atoms in total. The number of hydrogen-bond acceptors (Lipinski definition) is 4. The summed E-state index contributed by atoms with van der Waals surface area (Å²) in [6.07, 6.45) is 1.42. The molecule has 1 aliphatic heterocycles. The third-order valence-electron chi connectivity index (χ3n) is 5.07. The van der Waals surface area contributed by atoms with Crippen LogP contribution in [0.1, 0.15) is 41.8 Å². The lowest BCUT2D eigenvalue weighted by Gasteiger charge is -2.21. The summed E-state index contributed by atoms with van der Waals surface area (Å²) in [6, 6.07) is 10.9. The van der Waals surface area contributed by atoms with Crippen LogP contribution in [0.5, 0.6) is 0 Å². The molecule has 1 fully saturated rings. The van der Waals surface area contributed by atoms with Crippen molar-refractivity contribution < 1.29 is 27.5 Å². The van der Waals surface area contributed by atoms with Crippen LogP contribution >= 0.6 is 0 Å². The first-order valence-electron chi connectivity index (χ1n) is 10.3. The van der Waals surface area contributed by atoms with Gasteiger partial charge in [-0.2, -0.15) is 13.2 Å². The Balaban J connectivity index is 1.33. The standard InChI is InChI=1S/C23H22F3N3O3/c24-23(25,26)17-9-10-18-19(14-17)28-20(27-18)13-16-6-4-15(5-7-16)8-11-21(30)29-32-22-3-1-2-12-31-22/h4-11,14,22H,1-3,12-13H2,(H,27,28)(H,29,30)/b11-8+. The smallest absolute Gasteiger partial charge is 0.350 e. The second-order valence-electron chi connectivity index (χ2n) is 7.55. The minimum absolute atomic E-state index is 0.348. The van der Waals surface area contributed by atoms with Crippen molar-refractivity contribution in [2.45, 2.75) is 38.1 Å². The van der Waals surface area contributed by atoms with Crippen LogP contribution in [0.15, 0.2) is 48.5 Å². The number of imidazole rings is 1. The first-order valence-corrected chi connectivity index (χ1v) is 10.3. The summed E-state index contributed by atoms with van der Waals surface area (Å²) in [6.45, 7) is 0.630. The maximum Gasteiger partial charge on any atom is 0.416 e. The van der Waals surface area contributed by atoms with Crippen LogP contribution < -0.4 is 5.48 Å². The van der Waals surface area contributed by atoms with E-state index in [-0.39, 0.29) is 5.91 Å². The van der Waals surface area contributed by atoms with Gasteiger partial charge in [0.25, 0.3) is 5.91 Å². The minimum Gasteiger partial charge on any atom is -0.350 e. The zero-order chi connectivity index (χ0) is 22.6. The lowest BCUT2D eigenvalue weighted by molar-refractivity contribution is -0.198. The third kappa shape index (κ3) is 5.74. The zero-order valence-corrected chi connectivity index (χ0v) is 17.1. The van der Waals surface area contributed by atoms with E-state index >= 15 is 0 Å². The molecule has 0 radical (unpaired) electrons. The summed E-state index contributed by atoms with van der Waals surface area (Å²) in [5.41, 5.74) is 4.23. The highest BCUT2D eigenvalue weighted by Crippen LogP contribution is 2.31. The first kappa shape index (κ1) is 22.0. The van der Waals surface area contributed by atoms with Crippen molar-refractivity contribution in [3.8, 4) is 0 Å². The highest BCUT2D eigenvalue weighted by Gasteiger charge is 2.30. The summed E-state index contributed by atoms with van der Waals surface area (Å²) in [7, 11) is 0. The number of aromatic nitrogens is 2. The largest absolute Gasteiger partial charge is 0.416 e. The Hall–Kier alpha value is -3.17. The lowest BCUT2D eigenvalue weighted by Crippen LogP contribution is -2.32. The molecule has 9 heteroatoms. The number of nitrogens with zero attached hydrogens (tertiary/aromatic N) is 1. The van der Waals surface area contributed by atoms with Crippen molar-refractivity contribution >= 4 is 23.0 Å². The number of hydroxylamine groups is 1. The van der Waals surface area contributed by atoms with E-state index in [1.165, 1.54) is 12.1 Å². The number of fused-ring (bicyclic) bond motifs is 1. The Morgan fingerprint density at radius 1 is 1.22 bits per heavy atom. The number of H-pyrrole nitrogens is 1. The predicted octanol–water partition coefficient (Wildman–Crippen LogP) is 4.76. The molecule has 1 amide bonds. The van der Waals surface area contributed by atoms with E-state index in [4.69, 9.17) is 9.57 Å². The fourth-order valence-electron chi connectivity index (χ4n) is 3.40. The summed E-state index contributed by atoms with van der Waals surface area (Å²) in [5, 5.41) is 0. The number of rotatable bonds is 6. The van der Waals surface area contributed by atoms with E-state index in [1.54, 1.807) is 6.08 Å². The van der Waals surface area contributed by atoms with E-state index in [0.717, 1.165) is 42.5 Å². The van der Waals surface area contributed by atoms with Crippen LogP contribution in [0.2, 0.25) is 0 Å². The van der Waals surface area contributed by atoms with Gasteiger partial charge in [0.2, 0.25) is 0 Å². The number of aromatic amines is 1. The molecule has 1 saturated heterocycles. The Morgan fingerprint density at radius 2 is 2.03 bits per heavy atom. The molecule has 0 aliphatic carbocycles. The van der Waals surface area contributed by atoms with Gasteiger partial charge >= 0.3 is 6.18 Å². The van der Waals surface area contributed by atoms with Gasteiger partial charge < -0.3 is 9.72 Å². The molecule has 1 aromatic heterocycles. The average molecular weight is 445 g/mol. The predicted molar refractivity (Wildman–Crippen MR) is 112 cm³/mol. The molecule has 168 valence electrons. The van der Waals surface area contributed by atoms with Crippen molar-refractivity contribution in [1.82, 2.24) is 15.4 Å². The number of amides is 1. The van der Waals surface area contributed by atoms with Crippen LogP contribution in [0.3, 0.4) is 0 Å². The average Bonchev–Trinajstić information content (AvgIpc) is 3.19. The SMILES string of the molecule is O=C(/C=C/c1ccc(Cc2nc3ccc(C(F)(F)F)cc3[nH]2)cc1)NOC1CCCCO1. The van der Waals surface area contributed by atoms with E-state index in [2.05, 4.69) is 15.4 Å². The summed E-state index contributed by atoms with van der Waals surface area (Å²) in [4.78, 5) is 24.4. The number of carbonyl (C=O) groups excluding carboxylic acids is 1. The molecular weight excluding hydrogens is 423 g/mol. The van der Waals surface area contributed by atoms with Crippen LogP contribution in [-0.2, 0) is 27.0 Å². The Bertz CT molecular complexity index is 1100. The summed E-state index contributed by atoms with van der Waals surface area (Å²) in [5.74, 6) is 0.188. The Kier molecular flexibility index (Phi) is 6.57. The molecule has 3 aromatic rings. The van der Waals surface area contributed by atoms with Crippen molar-refractivity contribution in [2.75, 3.05) is 6.61 Å². The van der Waals surface area contributed by atoms with E-state index in [0.29, 0.717) is 29.9 Å². The van der Waals surface area contributed by atoms with E-state index in [9.17, 15) is 18.0 Å². The number of nitrogens with one attached hydrogen (secondary N) is 2. The van der Waals surface area contributed by atoms with Crippen molar-refractivity contribution in [2.24, 2.45) is 0 Å². The fourth-order valence-corrected chi connectivity index (χ4v) is 3.40. The first-order chi connectivity index (χ1) is 15.4. The summed E-state index contributed by atoms with van der Waals surface area (Å²) >= 11 is 0. The molecule has 32 heavy (non-hydrogen) atoms. The molecule has 1 aliphatic rings. The van der Waals surface area contributed by atoms with Crippen molar-refractivity contribution in [3.63, 3.8) is 0 Å². The van der Waals surface area contributed by atoms with Gasteiger partial charge in [-0.3, -0.25) is 4.79 Å². The highest BCUT2D eigenvalue weighted by molar-refractivity contribution is 5.90. The maximum absolute atomic E-state index is 12.9. The summed E-state index contributed by atoms with van der Waals surface area (Å²) < 4.78 is 44.0. The van der Waals surface area contributed by atoms with Crippen molar-refractivity contribution in [3.05, 3.63) is 71.1 Å². The number of benzene rings is 2. The van der Waals surface area contributed by atoms with Crippen LogP contribution in [0.4, 0.5) is 13.2 Å². The minimum atomic E-state index is -4.39. The normalized spacial score (nSPS) is 17.2. The highest BCUT2D eigenvalue weighted by atomic mass is 19.4. The van der Waals surface area contributed by atoms with Crippen LogP contribution in [-0.4, -0.2) is 28.8 Å². The molecule has 0 spiro atoms. The molecule has 2 N–H and O–H groups in total. The van der Waals surface area contributed by atoms with Gasteiger partial charge in [-0.25, -0.2) is 15.3 Å². The Labute approximate surface area is 182 Å². The van der Waals surface area contributed by atoms with E-state index in [1.807, 2.05) is 24.3 Å². The van der Waals surface area contributed by atoms with Crippen LogP contribution in [0.25, 0.3) is 17.1 Å². The van der Waals surface area contributed by atoms with Gasteiger partial charge in [-0.1, -0.05) is 24.3 Å². The van der Waals surface area contributed by atoms with Gasteiger partial charge in [-0.05, 0) is 48.2 Å². The molecular formula is C23H22F3N3O3. The number of carbonyl (C=O) groups is 1. The van der Waals surface area contributed by atoms with Gasteiger partial charge in [0, 0.05) is 25.5 Å². The third-order valence-corrected chi connectivity index (χ3v) is 5.07. The fraction of sp³-hybridized carbons (Fsp3) is 0.304. The van der Waals surface area contributed by atoms with Gasteiger partial charge in [0.1, 0.15) is 5.82 Å². The Morgan fingerprint density at radius 3 is 2.75 bits per heavy atom. The number of halogens is 3. The maximum atomic E-state index is 12.9. The molecule has 4 rings (SSSR count). The zero-order valence-electron chi connectivity index (χ0n) is 17.1. The van der Waals surface area contributed by atoms with Crippen molar-refractivity contribution in [1.29, 1.82) is 0 Å². The molecule has 2 aromatic carbocycles. The second kappa shape index (κ2) is 9.54. The van der Waals surface area contributed by atoms with E-state index < -0.39 is 18.0 Å². The number of ether oxygens (including phenoxy) is 1. The second-order valence-corrected chi connectivity index (χ2v) is 7.55. The van der Waals surface area contributed by atoms with Gasteiger partial charge in [0.15, 0.2) is 6.29 Å². The molecule has 0 bridgehead atoms. The number of alkyl halides is 3. The topological polar surface area (TPSA) is 76.2 Å². The molecule has 1 unspecified atom stereocenters. The molecule has 2 heterocycles.